The van der Waals surface area contributed by atoms with Gasteiger partial charge in [0.25, 0.3) is 0 Å². The van der Waals surface area contributed by atoms with Crippen LogP contribution in [-0.2, 0) is 4.79 Å². The first-order chi connectivity index (χ1) is 7.27. The number of carbonyl (C=O) groups is 1. The number of rotatable bonds is 4. The molecule has 15 heavy (non-hydrogen) atoms. The highest BCUT2D eigenvalue weighted by Crippen LogP contribution is 2.12. The van der Waals surface area contributed by atoms with Crippen LogP contribution in [0.2, 0.25) is 0 Å². The molecule has 0 spiro atoms. The Kier molecular flexibility index (Phi) is 5.20. The van der Waals surface area contributed by atoms with Crippen LogP contribution in [0, 0.1) is 18.3 Å². The third kappa shape index (κ3) is 3.93. The zero-order valence-corrected chi connectivity index (χ0v) is 9.46. The number of terminal acetylenes is 1. The van der Waals surface area contributed by atoms with E-state index < -0.39 is 0 Å². The molecule has 1 rings (SSSR count). The molecule has 0 aromatic heterocycles. The van der Waals surface area contributed by atoms with Gasteiger partial charge in [-0.25, -0.2) is 0 Å². The van der Waals surface area contributed by atoms with Crippen LogP contribution in [0.15, 0.2) is 0 Å². The van der Waals surface area contributed by atoms with E-state index in [0.29, 0.717) is 5.92 Å². The van der Waals surface area contributed by atoms with E-state index in [9.17, 15) is 4.79 Å². The molecule has 0 aliphatic carbocycles. The first kappa shape index (κ1) is 12.1. The lowest BCUT2D eigenvalue weighted by Crippen LogP contribution is -2.40. The minimum atomic E-state index is 0.0885. The van der Waals surface area contributed by atoms with E-state index in [0.717, 1.165) is 26.2 Å². The van der Waals surface area contributed by atoms with Crippen LogP contribution in [0.5, 0.6) is 0 Å². The molecular formula is C12H20N2O. The van der Waals surface area contributed by atoms with Crippen LogP contribution in [0.25, 0.3) is 0 Å². The summed E-state index contributed by atoms with van der Waals surface area (Å²) in [6.07, 6.45) is 7.80. The average Bonchev–Trinajstić information content (AvgIpc) is 2.27. The predicted octanol–water partition coefficient (Wildman–Crippen LogP) is 0.858. The zero-order valence-electron chi connectivity index (χ0n) is 9.46. The van der Waals surface area contributed by atoms with Crippen molar-refractivity contribution in [1.82, 2.24) is 10.2 Å². The Morgan fingerprint density at radius 2 is 2.47 bits per heavy atom. The normalized spacial score (nSPS) is 20.7. The maximum Gasteiger partial charge on any atom is 0.234 e. The number of nitrogens with one attached hydrogen (secondary N) is 1. The number of amides is 1. The van der Waals surface area contributed by atoms with Crippen molar-refractivity contribution in [2.45, 2.75) is 26.2 Å². The van der Waals surface area contributed by atoms with E-state index in [2.05, 4.69) is 11.2 Å². The molecule has 1 aliphatic rings. The largest absolute Gasteiger partial charge is 0.342 e. The first-order valence-electron chi connectivity index (χ1n) is 5.69. The van der Waals surface area contributed by atoms with Gasteiger partial charge < -0.3 is 10.2 Å². The SMILES string of the molecule is C#CCC(=O)N(CC)CC1CCCNC1. The summed E-state index contributed by atoms with van der Waals surface area (Å²) in [6.45, 7) is 5.76. The number of nitrogens with zero attached hydrogens (tertiary/aromatic N) is 1. The molecule has 1 aliphatic heterocycles. The highest BCUT2D eigenvalue weighted by Gasteiger charge is 2.18. The molecule has 1 N–H and O–H groups in total. The van der Waals surface area contributed by atoms with Gasteiger partial charge in [0.1, 0.15) is 0 Å². The maximum atomic E-state index is 11.6. The number of carbonyl (C=O) groups excluding carboxylic acids is 1. The minimum absolute atomic E-state index is 0.0885. The Bertz CT molecular complexity index is 238. The molecule has 0 saturated carbocycles. The molecule has 1 fully saturated rings. The lowest BCUT2D eigenvalue weighted by atomic mass is 9.99. The fraction of sp³-hybridized carbons (Fsp3) is 0.750. The van der Waals surface area contributed by atoms with Crippen molar-refractivity contribution in [3.8, 4) is 12.3 Å². The Morgan fingerprint density at radius 1 is 1.67 bits per heavy atom. The van der Waals surface area contributed by atoms with Crippen LogP contribution in [0.1, 0.15) is 26.2 Å². The molecule has 1 heterocycles. The first-order valence-corrected chi connectivity index (χ1v) is 5.69. The molecule has 3 nitrogen and oxygen atoms in total. The summed E-state index contributed by atoms with van der Waals surface area (Å²) in [7, 11) is 0. The molecule has 84 valence electrons. The molecule has 0 aromatic rings. The smallest absolute Gasteiger partial charge is 0.234 e. The molecule has 1 unspecified atom stereocenters. The lowest BCUT2D eigenvalue weighted by Gasteiger charge is -2.29. The van der Waals surface area contributed by atoms with Crippen LogP contribution in [0.3, 0.4) is 0 Å². The second-order valence-corrected chi connectivity index (χ2v) is 4.03. The van der Waals surface area contributed by atoms with Crippen molar-refractivity contribution in [2.24, 2.45) is 5.92 Å². The average molecular weight is 208 g/mol. The lowest BCUT2D eigenvalue weighted by molar-refractivity contribution is -0.130. The van der Waals surface area contributed by atoms with Gasteiger partial charge in [0.15, 0.2) is 0 Å². The molecule has 1 atom stereocenters. The Morgan fingerprint density at radius 3 is 3.00 bits per heavy atom. The topological polar surface area (TPSA) is 32.3 Å². The van der Waals surface area contributed by atoms with Gasteiger partial charge in [0, 0.05) is 13.1 Å². The molecule has 3 heteroatoms. The van der Waals surface area contributed by atoms with Crippen molar-refractivity contribution in [3.63, 3.8) is 0 Å². The van der Waals surface area contributed by atoms with Crippen LogP contribution < -0.4 is 5.32 Å². The van der Waals surface area contributed by atoms with Crippen molar-refractivity contribution >= 4 is 5.91 Å². The van der Waals surface area contributed by atoms with Gasteiger partial charge >= 0.3 is 0 Å². The molecule has 1 amide bonds. The van der Waals surface area contributed by atoms with Crippen LogP contribution >= 0.6 is 0 Å². The van der Waals surface area contributed by atoms with E-state index >= 15 is 0 Å². The number of hydrogen-bond donors (Lipinski definition) is 1. The van der Waals surface area contributed by atoms with Gasteiger partial charge in [-0.1, -0.05) is 5.92 Å². The van der Waals surface area contributed by atoms with Gasteiger partial charge in [-0.3, -0.25) is 4.79 Å². The molecule has 0 radical (unpaired) electrons. The molecule has 0 bridgehead atoms. The van der Waals surface area contributed by atoms with E-state index in [1.807, 2.05) is 11.8 Å². The Balaban J connectivity index is 2.38. The van der Waals surface area contributed by atoms with Gasteiger partial charge in [-0.2, -0.15) is 0 Å². The quantitative estimate of drug-likeness (QED) is 0.695. The standard InChI is InChI=1S/C12H20N2O/c1-3-6-12(15)14(4-2)10-11-7-5-8-13-9-11/h1,11,13H,4-10H2,2H3. The summed E-state index contributed by atoms with van der Waals surface area (Å²) in [5, 5.41) is 3.36. The van der Waals surface area contributed by atoms with E-state index in [-0.39, 0.29) is 12.3 Å². The van der Waals surface area contributed by atoms with Crippen molar-refractivity contribution in [3.05, 3.63) is 0 Å². The number of piperidine rings is 1. The summed E-state index contributed by atoms with van der Waals surface area (Å²) in [6, 6.07) is 0. The van der Waals surface area contributed by atoms with Crippen molar-refractivity contribution in [2.75, 3.05) is 26.2 Å². The monoisotopic (exact) mass is 208 g/mol. The highest BCUT2D eigenvalue weighted by molar-refractivity contribution is 5.78. The second kappa shape index (κ2) is 6.47. The number of hydrogen-bond acceptors (Lipinski definition) is 2. The van der Waals surface area contributed by atoms with Gasteiger partial charge in [-0.05, 0) is 38.8 Å². The highest BCUT2D eigenvalue weighted by atomic mass is 16.2. The molecule has 0 aromatic carbocycles. The summed E-state index contributed by atoms with van der Waals surface area (Å²) >= 11 is 0. The molecule has 1 saturated heterocycles. The van der Waals surface area contributed by atoms with Gasteiger partial charge in [0.2, 0.25) is 5.91 Å². The third-order valence-corrected chi connectivity index (χ3v) is 2.87. The van der Waals surface area contributed by atoms with Crippen molar-refractivity contribution < 1.29 is 4.79 Å². The van der Waals surface area contributed by atoms with Crippen LogP contribution in [-0.4, -0.2) is 37.0 Å². The Labute approximate surface area is 92.2 Å². The maximum absolute atomic E-state index is 11.6. The summed E-state index contributed by atoms with van der Waals surface area (Å²) in [4.78, 5) is 13.5. The van der Waals surface area contributed by atoms with E-state index in [4.69, 9.17) is 6.42 Å². The zero-order chi connectivity index (χ0) is 11.1. The summed E-state index contributed by atoms with van der Waals surface area (Å²) in [5.41, 5.74) is 0. The van der Waals surface area contributed by atoms with Crippen LogP contribution in [0.4, 0.5) is 0 Å². The Hall–Kier alpha value is -1.01. The van der Waals surface area contributed by atoms with E-state index in [1.165, 1.54) is 12.8 Å². The van der Waals surface area contributed by atoms with Crippen molar-refractivity contribution in [1.29, 1.82) is 0 Å². The second-order valence-electron chi connectivity index (χ2n) is 4.03. The molecular weight excluding hydrogens is 188 g/mol. The fourth-order valence-electron chi connectivity index (χ4n) is 2.00. The predicted molar refractivity (Wildman–Crippen MR) is 61.3 cm³/mol. The summed E-state index contributed by atoms with van der Waals surface area (Å²) in [5.74, 6) is 3.10. The minimum Gasteiger partial charge on any atom is -0.342 e. The van der Waals surface area contributed by atoms with Gasteiger partial charge in [0.05, 0.1) is 6.42 Å². The fourth-order valence-corrected chi connectivity index (χ4v) is 2.00. The van der Waals surface area contributed by atoms with Gasteiger partial charge in [-0.15, -0.1) is 6.42 Å². The van der Waals surface area contributed by atoms with E-state index in [1.54, 1.807) is 0 Å². The summed E-state index contributed by atoms with van der Waals surface area (Å²) < 4.78 is 0. The third-order valence-electron chi connectivity index (χ3n) is 2.87.